The minimum Gasteiger partial charge on any atom is -0.368 e. The molecule has 0 aromatic heterocycles. The molecule has 0 saturated carbocycles. The number of carbonyl (C=O) groups is 3. The quantitative estimate of drug-likeness (QED) is 0.719. The van der Waals surface area contributed by atoms with Gasteiger partial charge in [-0.1, -0.05) is 24.3 Å². The average Bonchev–Trinajstić information content (AvgIpc) is 3.50. The van der Waals surface area contributed by atoms with E-state index in [2.05, 4.69) is 34.5 Å². The molecule has 1 unspecified atom stereocenters. The fourth-order valence-electron chi connectivity index (χ4n) is 5.31. The summed E-state index contributed by atoms with van der Waals surface area (Å²) in [6, 6.07) is 16.5. The molecule has 7 heteroatoms. The van der Waals surface area contributed by atoms with E-state index in [-0.39, 0.29) is 36.5 Å². The van der Waals surface area contributed by atoms with Crippen LogP contribution in [0.5, 0.6) is 0 Å². The zero-order valence-corrected chi connectivity index (χ0v) is 19.5. The number of amides is 3. The number of fused-ring (bicyclic) bond motifs is 1. The second kappa shape index (κ2) is 9.87. The van der Waals surface area contributed by atoms with Crippen LogP contribution < -0.4 is 15.1 Å². The molecule has 2 aliphatic heterocycles. The minimum atomic E-state index is -0.370. The zero-order chi connectivity index (χ0) is 23.5. The molecule has 0 bridgehead atoms. The molecule has 3 aliphatic rings. The molecule has 0 radical (unpaired) electrons. The number of piperazine rings is 1. The first-order chi connectivity index (χ1) is 16.6. The average molecular weight is 461 g/mol. The van der Waals surface area contributed by atoms with Crippen LogP contribution in [0.2, 0.25) is 0 Å². The summed E-state index contributed by atoms with van der Waals surface area (Å²) < 4.78 is 0. The molecule has 2 fully saturated rings. The Hall–Kier alpha value is -3.35. The van der Waals surface area contributed by atoms with Crippen LogP contribution in [-0.2, 0) is 27.2 Å². The van der Waals surface area contributed by atoms with Gasteiger partial charge in [-0.3, -0.25) is 14.4 Å². The predicted molar refractivity (Wildman–Crippen MR) is 132 cm³/mol. The lowest BCUT2D eigenvalue weighted by Crippen LogP contribution is -2.49. The molecule has 34 heavy (non-hydrogen) atoms. The highest BCUT2D eigenvalue weighted by atomic mass is 16.2. The van der Waals surface area contributed by atoms with Gasteiger partial charge < -0.3 is 20.0 Å². The Kier molecular flexibility index (Phi) is 6.52. The van der Waals surface area contributed by atoms with Crippen molar-refractivity contribution >= 4 is 29.1 Å². The Labute approximate surface area is 200 Å². The number of nitrogens with zero attached hydrogens (tertiary/aromatic N) is 3. The van der Waals surface area contributed by atoms with Gasteiger partial charge in [0.2, 0.25) is 17.7 Å². The van der Waals surface area contributed by atoms with E-state index in [9.17, 15) is 14.4 Å². The van der Waals surface area contributed by atoms with Crippen molar-refractivity contribution in [2.45, 2.75) is 32.1 Å². The molecule has 2 aromatic carbocycles. The summed E-state index contributed by atoms with van der Waals surface area (Å²) in [7, 11) is 0. The second-order valence-electron chi connectivity index (χ2n) is 9.46. The monoisotopic (exact) mass is 460 g/mol. The van der Waals surface area contributed by atoms with Crippen molar-refractivity contribution in [3.05, 3.63) is 59.7 Å². The third-order valence-electron chi connectivity index (χ3n) is 7.28. The third kappa shape index (κ3) is 4.79. The van der Waals surface area contributed by atoms with Crippen LogP contribution in [0.1, 0.15) is 30.4 Å². The van der Waals surface area contributed by atoms with Crippen LogP contribution in [0.3, 0.4) is 0 Å². The normalized spacial score (nSPS) is 19.9. The first kappa shape index (κ1) is 22.4. The van der Waals surface area contributed by atoms with Gasteiger partial charge >= 0.3 is 0 Å². The number of hydrogen-bond acceptors (Lipinski definition) is 4. The fraction of sp³-hybridized carbons (Fsp3) is 0.444. The highest BCUT2D eigenvalue weighted by molar-refractivity contribution is 6.00. The van der Waals surface area contributed by atoms with E-state index in [0.717, 1.165) is 31.6 Å². The smallest absolute Gasteiger partial charge is 0.227 e. The Morgan fingerprint density at radius 1 is 0.912 bits per heavy atom. The maximum absolute atomic E-state index is 12.7. The van der Waals surface area contributed by atoms with E-state index in [1.165, 1.54) is 23.2 Å². The van der Waals surface area contributed by atoms with Gasteiger partial charge in [0.05, 0.1) is 5.92 Å². The minimum absolute atomic E-state index is 0.00883. The van der Waals surface area contributed by atoms with Gasteiger partial charge in [0.15, 0.2) is 0 Å². The molecule has 2 saturated heterocycles. The highest BCUT2D eigenvalue weighted by Crippen LogP contribution is 2.30. The molecule has 2 heterocycles. The highest BCUT2D eigenvalue weighted by Gasteiger charge is 2.35. The SMILES string of the molecule is O=C(NCCC(=O)N1CCN(c2ccccc2)CC1)C1CC(=O)N(c2ccc3c(c2)CCC3)C1. The van der Waals surface area contributed by atoms with Crippen molar-refractivity contribution in [1.29, 1.82) is 0 Å². The van der Waals surface area contributed by atoms with E-state index >= 15 is 0 Å². The molecule has 1 N–H and O–H groups in total. The van der Waals surface area contributed by atoms with E-state index in [0.29, 0.717) is 26.2 Å². The van der Waals surface area contributed by atoms with Crippen LogP contribution in [0.4, 0.5) is 11.4 Å². The Bertz CT molecular complexity index is 1060. The van der Waals surface area contributed by atoms with Gasteiger partial charge in [0.1, 0.15) is 0 Å². The van der Waals surface area contributed by atoms with Crippen molar-refractivity contribution in [1.82, 2.24) is 10.2 Å². The van der Waals surface area contributed by atoms with Crippen molar-refractivity contribution in [3.63, 3.8) is 0 Å². The summed E-state index contributed by atoms with van der Waals surface area (Å²) in [6.07, 6.45) is 3.84. The van der Waals surface area contributed by atoms with Crippen LogP contribution in [0.25, 0.3) is 0 Å². The summed E-state index contributed by atoms with van der Waals surface area (Å²) >= 11 is 0. The van der Waals surface area contributed by atoms with Gasteiger partial charge in [-0.05, 0) is 54.7 Å². The molecular formula is C27H32N4O3. The standard InChI is InChI=1S/C27H32N4O3/c32-25(30-15-13-29(14-16-30)23-7-2-1-3-8-23)11-12-28-27(34)22-18-26(33)31(19-22)24-10-9-20-5-4-6-21(20)17-24/h1-3,7-10,17,22H,4-6,11-16,18-19H2,(H,28,34). The summed E-state index contributed by atoms with van der Waals surface area (Å²) in [5, 5.41) is 2.89. The molecular weight excluding hydrogens is 428 g/mol. The van der Waals surface area contributed by atoms with Gasteiger partial charge in [0, 0.05) is 63.5 Å². The van der Waals surface area contributed by atoms with Crippen LogP contribution in [0, 0.1) is 5.92 Å². The number of anilines is 2. The lowest BCUT2D eigenvalue weighted by molar-refractivity contribution is -0.131. The van der Waals surface area contributed by atoms with Gasteiger partial charge in [0.25, 0.3) is 0 Å². The molecule has 0 spiro atoms. The Morgan fingerprint density at radius 2 is 1.68 bits per heavy atom. The summed E-state index contributed by atoms with van der Waals surface area (Å²) in [5.41, 5.74) is 4.77. The number of rotatable bonds is 6. The van der Waals surface area contributed by atoms with Crippen molar-refractivity contribution in [3.8, 4) is 0 Å². The second-order valence-corrected chi connectivity index (χ2v) is 9.46. The number of carbonyl (C=O) groups excluding carboxylic acids is 3. The molecule has 5 rings (SSSR count). The molecule has 1 atom stereocenters. The predicted octanol–water partition coefficient (Wildman–Crippen LogP) is 2.38. The topological polar surface area (TPSA) is 73.0 Å². The van der Waals surface area contributed by atoms with Crippen molar-refractivity contribution < 1.29 is 14.4 Å². The first-order valence-corrected chi connectivity index (χ1v) is 12.4. The maximum atomic E-state index is 12.7. The fourth-order valence-corrected chi connectivity index (χ4v) is 5.31. The van der Waals surface area contributed by atoms with Gasteiger partial charge in [-0.15, -0.1) is 0 Å². The summed E-state index contributed by atoms with van der Waals surface area (Å²) in [4.78, 5) is 43.8. The maximum Gasteiger partial charge on any atom is 0.227 e. The number of para-hydroxylation sites is 1. The lowest BCUT2D eigenvalue weighted by Gasteiger charge is -2.36. The Morgan fingerprint density at radius 3 is 2.47 bits per heavy atom. The Balaban J connectivity index is 1.06. The van der Waals surface area contributed by atoms with Crippen molar-refractivity contribution in [2.75, 3.05) is 49.1 Å². The molecule has 178 valence electrons. The number of benzene rings is 2. The molecule has 3 amide bonds. The zero-order valence-electron chi connectivity index (χ0n) is 19.5. The van der Waals surface area contributed by atoms with Gasteiger partial charge in [-0.2, -0.15) is 0 Å². The number of hydrogen-bond donors (Lipinski definition) is 1. The van der Waals surface area contributed by atoms with Crippen LogP contribution in [-0.4, -0.2) is 61.9 Å². The van der Waals surface area contributed by atoms with E-state index in [1.807, 2.05) is 29.2 Å². The molecule has 1 aliphatic carbocycles. The van der Waals surface area contributed by atoms with Crippen molar-refractivity contribution in [2.24, 2.45) is 5.92 Å². The largest absolute Gasteiger partial charge is 0.368 e. The van der Waals surface area contributed by atoms with E-state index in [1.54, 1.807) is 4.90 Å². The first-order valence-electron chi connectivity index (χ1n) is 12.4. The van der Waals surface area contributed by atoms with Crippen LogP contribution in [0.15, 0.2) is 48.5 Å². The molecule has 2 aromatic rings. The molecule has 7 nitrogen and oxygen atoms in total. The lowest BCUT2D eigenvalue weighted by atomic mass is 10.1. The van der Waals surface area contributed by atoms with Gasteiger partial charge in [-0.25, -0.2) is 0 Å². The summed E-state index contributed by atoms with van der Waals surface area (Å²) in [5.74, 6) is -0.454. The number of aryl methyl sites for hydroxylation is 2. The van der Waals surface area contributed by atoms with Crippen LogP contribution >= 0.6 is 0 Å². The number of nitrogens with one attached hydrogen (secondary N) is 1. The summed E-state index contributed by atoms with van der Waals surface area (Å²) in [6.45, 7) is 3.71. The third-order valence-corrected chi connectivity index (χ3v) is 7.28. The van der Waals surface area contributed by atoms with E-state index < -0.39 is 0 Å². The van der Waals surface area contributed by atoms with E-state index in [4.69, 9.17) is 0 Å².